The van der Waals surface area contributed by atoms with E-state index in [4.69, 9.17) is 0 Å². The van der Waals surface area contributed by atoms with Gasteiger partial charge in [-0.05, 0) is 38.3 Å². The van der Waals surface area contributed by atoms with Crippen molar-refractivity contribution in [2.75, 3.05) is 7.05 Å². The summed E-state index contributed by atoms with van der Waals surface area (Å²) in [6.07, 6.45) is 7.28. The zero-order valence-corrected chi connectivity index (χ0v) is 11.0. The zero-order valence-electron chi connectivity index (χ0n) is 11.0. The quantitative estimate of drug-likeness (QED) is 0.895. The number of fused-ring (bicyclic) bond motifs is 1. The number of aromatic nitrogens is 2. The summed E-state index contributed by atoms with van der Waals surface area (Å²) in [4.78, 5) is 0. The highest BCUT2D eigenvalue weighted by Crippen LogP contribution is 2.28. The van der Waals surface area contributed by atoms with Crippen molar-refractivity contribution in [3.8, 4) is 0 Å². The maximum Gasteiger partial charge on any atom is 0.0682 e. The highest BCUT2D eigenvalue weighted by Gasteiger charge is 2.25. The van der Waals surface area contributed by atoms with Crippen LogP contribution in [0.2, 0.25) is 0 Å². The highest BCUT2D eigenvalue weighted by atomic mass is 15.3. The SMILES string of the molecule is CNC1CCCC1CCn1ncc2ccccc21. The summed E-state index contributed by atoms with van der Waals surface area (Å²) in [7, 11) is 2.09. The predicted octanol–water partition coefficient (Wildman–Crippen LogP) is 2.81. The van der Waals surface area contributed by atoms with E-state index in [2.05, 4.69) is 46.4 Å². The maximum absolute atomic E-state index is 4.50. The second-order valence-electron chi connectivity index (χ2n) is 5.30. The lowest BCUT2D eigenvalue weighted by Crippen LogP contribution is -2.29. The highest BCUT2D eigenvalue weighted by molar-refractivity contribution is 5.78. The number of nitrogens with zero attached hydrogens (tertiary/aromatic N) is 2. The molecule has 0 amide bonds. The molecule has 1 heterocycles. The topological polar surface area (TPSA) is 29.9 Å². The third-order valence-electron chi connectivity index (χ3n) is 4.29. The Morgan fingerprint density at radius 2 is 2.22 bits per heavy atom. The van der Waals surface area contributed by atoms with E-state index in [9.17, 15) is 0 Å². The van der Waals surface area contributed by atoms with Gasteiger partial charge in [0.1, 0.15) is 0 Å². The number of rotatable bonds is 4. The van der Waals surface area contributed by atoms with Crippen LogP contribution in [-0.2, 0) is 6.54 Å². The van der Waals surface area contributed by atoms with Crippen molar-refractivity contribution in [3.63, 3.8) is 0 Å². The molecule has 1 aromatic heterocycles. The second kappa shape index (κ2) is 5.11. The molecular weight excluding hydrogens is 222 g/mol. The molecule has 0 radical (unpaired) electrons. The van der Waals surface area contributed by atoms with Gasteiger partial charge in [-0.1, -0.05) is 24.6 Å². The van der Waals surface area contributed by atoms with Gasteiger partial charge in [-0.15, -0.1) is 0 Å². The van der Waals surface area contributed by atoms with Crippen LogP contribution in [0.3, 0.4) is 0 Å². The first-order valence-corrected chi connectivity index (χ1v) is 6.96. The second-order valence-corrected chi connectivity index (χ2v) is 5.30. The fourth-order valence-electron chi connectivity index (χ4n) is 3.25. The van der Waals surface area contributed by atoms with Crippen LogP contribution in [0.4, 0.5) is 0 Å². The van der Waals surface area contributed by atoms with Crippen molar-refractivity contribution in [1.82, 2.24) is 15.1 Å². The third-order valence-corrected chi connectivity index (χ3v) is 4.29. The summed E-state index contributed by atoms with van der Waals surface area (Å²) in [6.45, 7) is 1.04. The fraction of sp³-hybridized carbons (Fsp3) is 0.533. The molecular formula is C15H21N3. The Kier molecular flexibility index (Phi) is 3.33. The molecule has 1 saturated carbocycles. The van der Waals surface area contributed by atoms with Crippen molar-refractivity contribution in [3.05, 3.63) is 30.5 Å². The molecule has 3 heteroatoms. The number of aryl methyl sites for hydroxylation is 1. The Morgan fingerprint density at radius 1 is 1.33 bits per heavy atom. The van der Waals surface area contributed by atoms with Crippen LogP contribution in [0.1, 0.15) is 25.7 Å². The van der Waals surface area contributed by atoms with E-state index in [1.165, 1.54) is 36.6 Å². The van der Waals surface area contributed by atoms with Crippen LogP contribution in [0.5, 0.6) is 0 Å². The third kappa shape index (κ3) is 2.15. The minimum absolute atomic E-state index is 0.715. The molecule has 0 aliphatic heterocycles. The smallest absolute Gasteiger partial charge is 0.0682 e. The number of benzene rings is 1. The van der Waals surface area contributed by atoms with Crippen LogP contribution in [0.15, 0.2) is 30.5 Å². The lowest BCUT2D eigenvalue weighted by atomic mass is 10.00. The first-order valence-electron chi connectivity index (χ1n) is 6.96. The standard InChI is InChI=1S/C15H21N3/c1-16-14-7-4-6-12(14)9-10-18-15-8-3-2-5-13(15)11-17-18/h2-3,5,8,11-12,14,16H,4,6-7,9-10H2,1H3. The number of nitrogens with one attached hydrogen (secondary N) is 1. The Hall–Kier alpha value is -1.35. The molecule has 1 fully saturated rings. The van der Waals surface area contributed by atoms with Crippen molar-refractivity contribution >= 4 is 10.9 Å². The molecule has 3 rings (SSSR count). The van der Waals surface area contributed by atoms with Gasteiger partial charge >= 0.3 is 0 Å². The summed E-state index contributed by atoms with van der Waals surface area (Å²) >= 11 is 0. The van der Waals surface area contributed by atoms with E-state index in [-0.39, 0.29) is 0 Å². The molecule has 0 bridgehead atoms. The molecule has 3 nitrogen and oxygen atoms in total. The normalized spacial score (nSPS) is 23.8. The molecule has 0 spiro atoms. The zero-order chi connectivity index (χ0) is 12.4. The summed E-state index contributed by atoms with van der Waals surface area (Å²) in [5, 5.41) is 9.20. The Labute approximate surface area is 108 Å². The predicted molar refractivity (Wildman–Crippen MR) is 74.5 cm³/mol. The molecule has 2 unspecified atom stereocenters. The summed E-state index contributed by atoms with van der Waals surface area (Å²) in [5.74, 6) is 0.818. The lowest BCUT2D eigenvalue weighted by Gasteiger charge is -2.18. The lowest BCUT2D eigenvalue weighted by molar-refractivity contribution is 0.372. The Bertz CT molecular complexity index is 517. The van der Waals surface area contributed by atoms with Crippen LogP contribution in [0, 0.1) is 5.92 Å². The van der Waals surface area contributed by atoms with Gasteiger partial charge in [0.25, 0.3) is 0 Å². The van der Waals surface area contributed by atoms with Crippen LogP contribution < -0.4 is 5.32 Å². The molecule has 1 aromatic carbocycles. The molecule has 18 heavy (non-hydrogen) atoms. The number of hydrogen-bond donors (Lipinski definition) is 1. The van der Waals surface area contributed by atoms with E-state index >= 15 is 0 Å². The van der Waals surface area contributed by atoms with Crippen molar-refractivity contribution in [2.45, 2.75) is 38.3 Å². The number of para-hydroxylation sites is 1. The average Bonchev–Trinajstić information content (AvgIpc) is 3.02. The van der Waals surface area contributed by atoms with Crippen molar-refractivity contribution < 1.29 is 0 Å². The van der Waals surface area contributed by atoms with Gasteiger partial charge in [-0.2, -0.15) is 5.10 Å². The van der Waals surface area contributed by atoms with Crippen molar-refractivity contribution in [2.24, 2.45) is 5.92 Å². The van der Waals surface area contributed by atoms with E-state index in [1.807, 2.05) is 6.20 Å². The minimum atomic E-state index is 0.715. The Balaban J connectivity index is 1.69. The average molecular weight is 243 g/mol. The van der Waals surface area contributed by atoms with E-state index in [0.717, 1.165) is 12.5 Å². The molecule has 1 aliphatic rings. The maximum atomic E-state index is 4.50. The molecule has 96 valence electrons. The van der Waals surface area contributed by atoms with E-state index < -0.39 is 0 Å². The first-order chi connectivity index (χ1) is 8.88. The van der Waals surface area contributed by atoms with Crippen LogP contribution in [-0.4, -0.2) is 22.9 Å². The van der Waals surface area contributed by atoms with Gasteiger partial charge in [0.15, 0.2) is 0 Å². The summed E-state index contributed by atoms with van der Waals surface area (Å²) in [5.41, 5.74) is 1.26. The summed E-state index contributed by atoms with van der Waals surface area (Å²) < 4.78 is 2.15. The van der Waals surface area contributed by atoms with E-state index in [1.54, 1.807) is 0 Å². The van der Waals surface area contributed by atoms with Gasteiger partial charge in [0, 0.05) is 18.0 Å². The molecule has 1 aliphatic carbocycles. The fourth-order valence-corrected chi connectivity index (χ4v) is 3.25. The minimum Gasteiger partial charge on any atom is -0.317 e. The molecule has 2 atom stereocenters. The molecule has 1 N–H and O–H groups in total. The Morgan fingerprint density at radius 3 is 3.11 bits per heavy atom. The van der Waals surface area contributed by atoms with Gasteiger partial charge < -0.3 is 5.32 Å². The van der Waals surface area contributed by atoms with Crippen LogP contribution >= 0.6 is 0 Å². The van der Waals surface area contributed by atoms with Crippen molar-refractivity contribution in [1.29, 1.82) is 0 Å². The monoisotopic (exact) mass is 243 g/mol. The summed E-state index contributed by atoms with van der Waals surface area (Å²) in [6, 6.07) is 9.17. The number of hydrogen-bond acceptors (Lipinski definition) is 2. The van der Waals surface area contributed by atoms with Gasteiger partial charge in [0.05, 0.1) is 11.7 Å². The molecule has 2 aromatic rings. The first kappa shape index (κ1) is 11.7. The van der Waals surface area contributed by atoms with Crippen LogP contribution in [0.25, 0.3) is 10.9 Å². The van der Waals surface area contributed by atoms with Gasteiger partial charge in [0.2, 0.25) is 0 Å². The largest absolute Gasteiger partial charge is 0.317 e. The van der Waals surface area contributed by atoms with Gasteiger partial charge in [-0.25, -0.2) is 0 Å². The van der Waals surface area contributed by atoms with Gasteiger partial charge in [-0.3, -0.25) is 4.68 Å². The molecule has 0 saturated heterocycles. The van der Waals surface area contributed by atoms with E-state index in [0.29, 0.717) is 6.04 Å².